The molecule has 3 rings (SSSR count). The molecule has 2 heterocycles. The summed E-state index contributed by atoms with van der Waals surface area (Å²) in [7, 11) is 0. The smallest absolute Gasteiger partial charge is 0.211 e. The van der Waals surface area contributed by atoms with Crippen LogP contribution in [0.3, 0.4) is 0 Å². The van der Waals surface area contributed by atoms with Gasteiger partial charge in [0.05, 0.1) is 11.6 Å². The van der Waals surface area contributed by atoms with E-state index >= 15 is 0 Å². The molecule has 0 radical (unpaired) electrons. The molecular formula is C15H13F2N2+. The number of fused-ring (bicyclic) bond motifs is 2. The lowest BCUT2D eigenvalue weighted by Crippen LogP contribution is -2.43. The summed E-state index contributed by atoms with van der Waals surface area (Å²) >= 11 is 0. The summed E-state index contributed by atoms with van der Waals surface area (Å²) in [5.41, 5.74) is 2.94. The Morgan fingerprint density at radius 1 is 1.47 bits per heavy atom. The van der Waals surface area contributed by atoms with Gasteiger partial charge in [0.25, 0.3) is 0 Å². The molecule has 0 aromatic carbocycles. The average Bonchev–Trinajstić information content (AvgIpc) is 2.38. The van der Waals surface area contributed by atoms with Gasteiger partial charge in [0.2, 0.25) is 5.69 Å². The molecular weight excluding hydrogens is 246 g/mol. The predicted octanol–water partition coefficient (Wildman–Crippen LogP) is 2.78. The Bertz CT molecular complexity index is 653. The lowest BCUT2D eigenvalue weighted by Gasteiger charge is -2.25. The van der Waals surface area contributed by atoms with Crippen LogP contribution in [-0.4, -0.2) is 6.17 Å². The molecule has 2 atom stereocenters. The highest BCUT2D eigenvalue weighted by Gasteiger charge is 2.40. The molecule has 0 saturated carbocycles. The molecule has 1 aliphatic heterocycles. The summed E-state index contributed by atoms with van der Waals surface area (Å²) in [6.07, 6.45) is 2.27. The van der Waals surface area contributed by atoms with E-state index in [1.165, 1.54) is 6.08 Å². The van der Waals surface area contributed by atoms with Crippen LogP contribution in [0.25, 0.3) is 5.57 Å². The van der Waals surface area contributed by atoms with Crippen LogP contribution >= 0.6 is 0 Å². The van der Waals surface area contributed by atoms with E-state index in [1.807, 2.05) is 29.8 Å². The molecule has 2 nitrogen and oxygen atoms in total. The zero-order valence-electron chi connectivity index (χ0n) is 10.5. The molecule has 19 heavy (non-hydrogen) atoms. The quantitative estimate of drug-likeness (QED) is 0.658. The van der Waals surface area contributed by atoms with Gasteiger partial charge in [0, 0.05) is 18.6 Å². The van der Waals surface area contributed by atoms with Crippen molar-refractivity contribution in [3.63, 3.8) is 0 Å². The van der Waals surface area contributed by atoms with Gasteiger partial charge in [-0.3, -0.25) is 0 Å². The minimum atomic E-state index is -1.58. The molecule has 0 fully saturated rings. The number of alkyl halides is 1. The molecule has 1 aromatic heterocycles. The molecule has 0 saturated heterocycles. The zero-order chi connectivity index (χ0) is 13.6. The standard InChI is InChI=1S/C15H13F2N2/c1-9-2-4-19-5-3-10-7-12(16)11(8-18)15(17)14(10)13(19)6-9/h2,4,6-7,11,15H,3,5H2,1H3/q+1. The molecule has 0 spiro atoms. The minimum absolute atomic E-state index is 0.475. The number of nitriles is 1. The third-order valence-corrected chi connectivity index (χ3v) is 3.75. The number of allylic oxidation sites excluding steroid dienone is 4. The van der Waals surface area contributed by atoms with E-state index in [0.29, 0.717) is 24.1 Å². The van der Waals surface area contributed by atoms with Crippen molar-refractivity contribution in [2.45, 2.75) is 26.1 Å². The number of aromatic nitrogens is 1. The number of rotatable bonds is 0. The number of aryl methyl sites for hydroxylation is 2. The largest absolute Gasteiger partial charge is 0.240 e. The van der Waals surface area contributed by atoms with E-state index in [-0.39, 0.29) is 0 Å². The van der Waals surface area contributed by atoms with Crippen molar-refractivity contribution >= 4 is 5.57 Å². The summed E-state index contributed by atoms with van der Waals surface area (Å²) < 4.78 is 30.1. The summed E-state index contributed by atoms with van der Waals surface area (Å²) in [5, 5.41) is 8.92. The van der Waals surface area contributed by atoms with Crippen molar-refractivity contribution in [2.24, 2.45) is 5.92 Å². The van der Waals surface area contributed by atoms with Gasteiger partial charge in [-0.15, -0.1) is 0 Å². The van der Waals surface area contributed by atoms with Crippen molar-refractivity contribution < 1.29 is 13.3 Å². The summed E-state index contributed by atoms with van der Waals surface area (Å²) in [6.45, 7) is 2.64. The van der Waals surface area contributed by atoms with E-state index in [9.17, 15) is 8.78 Å². The number of hydrogen-bond acceptors (Lipinski definition) is 1. The van der Waals surface area contributed by atoms with E-state index in [2.05, 4.69) is 0 Å². The lowest BCUT2D eigenvalue weighted by atomic mass is 9.82. The fraction of sp³-hybridized carbons (Fsp3) is 0.333. The highest BCUT2D eigenvalue weighted by molar-refractivity contribution is 5.74. The van der Waals surface area contributed by atoms with E-state index in [0.717, 1.165) is 11.3 Å². The Kier molecular flexibility index (Phi) is 2.70. The third kappa shape index (κ3) is 1.77. The summed E-state index contributed by atoms with van der Waals surface area (Å²) in [5.74, 6) is -1.97. The van der Waals surface area contributed by atoms with E-state index in [4.69, 9.17) is 5.26 Å². The molecule has 1 aromatic rings. The molecule has 0 amide bonds. The van der Waals surface area contributed by atoms with Gasteiger partial charge in [-0.1, -0.05) is 0 Å². The van der Waals surface area contributed by atoms with Gasteiger partial charge in [-0.25, -0.2) is 8.78 Å². The van der Waals surface area contributed by atoms with Gasteiger partial charge in [-0.05, 0) is 24.1 Å². The second-order valence-corrected chi connectivity index (χ2v) is 5.01. The van der Waals surface area contributed by atoms with Crippen molar-refractivity contribution in [3.8, 4) is 6.07 Å². The Balaban J connectivity index is 2.20. The maximum absolute atomic E-state index is 14.5. The monoisotopic (exact) mass is 259 g/mol. The normalized spacial score (nSPS) is 25.3. The highest BCUT2D eigenvalue weighted by atomic mass is 19.1. The predicted molar refractivity (Wildman–Crippen MR) is 66.1 cm³/mol. The number of hydrogen-bond donors (Lipinski definition) is 0. The minimum Gasteiger partial charge on any atom is -0.240 e. The van der Waals surface area contributed by atoms with Crippen molar-refractivity contribution in [2.75, 3.05) is 0 Å². The number of halogens is 2. The van der Waals surface area contributed by atoms with Crippen molar-refractivity contribution in [3.05, 3.63) is 47.1 Å². The molecule has 0 bridgehead atoms. The summed E-state index contributed by atoms with van der Waals surface area (Å²) in [6, 6.07) is 5.58. The van der Waals surface area contributed by atoms with Crippen molar-refractivity contribution in [1.82, 2.24) is 0 Å². The van der Waals surface area contributed by atoms with Crippen LogP contribution in [0.15, 0.2) is 35.8 Å². The van der Waals surface area contributed by atoms with Crippen LogP contribution in [0.5, 0.6) is 0 Å². The molecule has 96 valence electrons. The fourth-order valence-corrected chi connectivity index (χ4v) is 2.76. The van der Waals surface area contributed by atoms with Gasteiger partial charge in [0.1, 0.15) is 11.7 Å². The second-order valence-electron chi connectivity index (χ2n) is 5.01. The van der Waals surface area contributed by atoms with Crippen LogP contribution in [0.4, 0.5) is 8.78 Å². The third-order valence-electron chi connectivity index (χ3n) is 3.75. The maximum Gasteiger partial charge on any atom is 0.211 e. The molecule has 1 aliphatic carbocycles. The highest BCUT2D eigenvalue weighted by Crippen LogP contribution is 2.39. The zero-order valence-corrected chi connectivity index (χ0v) is 10.5. The maximum atomic E-state index is 14.5. The molecule has 2 aliphatic rings. The molecule has 4 heteroatoms. The Morgan fingerprint density at radius 2 is 2.26 bits per heavy atom. The fourth-order valence-electron chi connectivity index (χ4n) is 2.76. The topological polar surface area (TPSA) is 27.7 Å². The van der Waals surface area contributed by atoms with Crippen LogP contribution in [0.2, 0.25) is 0 Å². The van der Waals surface area contributed by atoms with Crippen LogP contribution in [-0.2, 0) is 6.54 Å². The average molecular weight is 259 g/mol. The summed E-state index contributed by atoms with van der Waals surface area (Å²) in [4.78, 5) is 0. The van der Waals surface area contributed by atoms with Gasteiger partial charge in [0.15, 0.2) is 18.9 Å². The number of nitrogens with zero attached hydrogens (tertiary/aromatic N) is 2. The first kappa shape index (κ1) is 12.0. The van der Waals surface area contributed by atoms with Gasteiger partial charge >= 0.3 is 0 Å². The lowest BCUT2D eigenvalue weighted by molar-refractivity contribution is -0.700. The van der Waals surface area contributed by atoms with E-state index in [1.54, 1.807) is 6.07 Å². The first-order valence-corrected chi connectivity index (χ1v) is 6.26. The molecule has 0 N–H and O–H groups in total. The van der Waals surface area contributed by atoms with Gasteiger partial charge in [-0.2, -0.15) is 9.83 Å². The Hall–Kier alpha value is -2.02. The van der Waals surface area contributed by atoms with Crippen LogP contribution in [0.1, 0.15) is 17.7 Å². The second kappa shape index (κ2) is 4.27. The first-order chi connectivity index (χ1) is 9.11. The number of pyridine rings is 1. The van der Waals surface area contributed by atoms with Crippen molar-refractivity contribution in [1.29, 1.82) is 5.26 Å². The SMILES string of the molecule is Cc1cc[n+]2c(c1)C1=C(C=C(F)C(C#N)C1F)CC2. The van der Waals surface area contributed by atoms with Crippen LogP contribution < -0.4 is 4.57 Å². The Morgan fingerprint density at radius 3 is 3.00 bits per heavy atom. The molecule has 2 unspecified atom stereocenters. The van der Waals surface area contributed by atoms with Gasteiger partial charge < -0.3 is 0 Å². The first-order valence-electron chi connectivity index (χ1n) is 6.26. The van der Waals surface area contributed by atoms with E-state index < -0.39 is 17.9 Å². The Labute approximate surface area is 110 Å². The van der Waals surface area contributed by atoms with Crippen LogP contribution in [0, 0.1) is 24.2 Å².